The molecule has 2 rings (SSSR count). The summed E-state index contributed by atoms with van der Waals surface area (Å²) in [6, 6.07) is 11.2. The molecule has 1 unspecified atom stereocenters. The summed E-state index contributed by atoms with van der Waals surface area (Å²) >= 11 is 0. The molecule has 1 atom stereocenters. The Bertz CT molecular complexity index is 571. The summed E-state index contributed by atoms with van der Waals surface area (Å²) in [7, 11) is 0. The Morgan fingerprint density at radius 3 is 2.35 bits per heavy atom. The number of nitrogens with one attached hydrogen (secondary N) is 1. The largest absolute Gasteiger partial charge is 0.348 e. The maximum atomic E-state index is 12.3. The third-order valence-electron chi connectivity index (χ3n) is 3.99. The minimum absolute atomic E-state index is 0.166. The highest BCUT2D eigenvalue weighted by Crippen LogP contribution is 2.38. The quantitative estimate of drug-likeness (QED) is 0.914. The predicted octanol–water partition coefficient (Wildman–Crippen LogP) is 2.82. The topological polar surface area (TPSA) is 76.7 Å². The molecule has 4 heteroatoms. The van der Waals surface area contributed by atoms with Crippen molar-refractivity contribution in [2.75, 3.05) is 0 Å². The monoisotopic (exact) mass is 267 g/mol. The molecule has 1 saturated carbocycles. The second-order valence-electron chi connectivity index (χ2n) is 5.33. The van der Waals surface area contributed by atoms with E-state index in [1.54, 1.807) is 12.1 Å². The van der Waals surface area contributed by atoms with Gasteiger partial charge in [0.2, 0.25) is 5.91 Å². The van der Waals surface area contributed by atoms with Gasteiger partial charge in [0.05, 0.1) is 23.7 Å². The Kier molecular flexibility index (Phi) is 4.05. The highest BCUT2D eigenvalue weighted by Gasteiger charge is 2.41. The zero-order valence-electron chi connectivity index (χ0n) is 11.5. The molecule has 0 bridgehead atoms. The SMILES string of the molecule is CC(NC(=O)C1(C#N)CCCC1)c1ccc(C#N)cc1. The molecule has 1 amide bonds. The predicted molar refractivity (Wildman–Crippen MR) is 74.2 cm³/mol. The number of rotatable bonds is 3. The number of carbonyl (C=O) groups excluding carboxylic acids is 1. The molecule has 0 aromatic heterocycles. The van der Waals surface area contributed by atoms with Crippen LogP contribution in [0.25, 0.3) is 0 Å². The molecule has 0 aliphatic heterocycles. The lowest BCUT2D eigenvalue weighted by atomic mass is 9.86. The van der Waals surface area contributed by atoms with Crippen LogP contribution in [0, 0.1) is 28.1 Å². The molecule has 0 radical (unpaired) electrons. The number of nitriles is 2. The van der Waals surface area contributed by atoms with Gasteiger partial charge >= 0.3 is 0 Å². The molecule has 1 aromatic rings. The summed E-state index contributed by atoms with van der Waals surface area (Å²) in [5, 5.41) is 21.0. The first-order valence-corrected chi connectivity index (χ1v) is 6.83. The van der Waals surface area contributed by atoms with E-state index in [1.807, 2.05) is 19.1 Å². The molecule has 4 nitrogen and oxygen atoms in total. The van der Waals surface area contributed by atoms with Crippen molar-refractivity contribution >= 4 is 5.91 Å². The number of hydrogen-bond donors (Lipinski definition) is 1. The Labute approximate surface area is 119 Å². The van der Waals surface area contributed by atoms with E-state index in [0.717, 1.165) is 18.4 Å². The summed E-state index contributed by atoms with van der Waals surface area (Å²) in [4.78, 5) is 12.3. The molecule has 1 aromatic carbocycles. The lowest BCUT2D eigenvalue weighted by molar-refractivity contribution is -0.128. The van der Waals surface area contributed by atoms with Crippen LogP contribution in [0.4, 0.5) is 0 Å². The molecule has 1 aliphatic rings. The van der Waals surface area contributed by atoms with Gasteiger partial charge in [-0.15, -0.1) is 0 Å². The fraction of sp³-hybridized carbons (Fsp3) is 0.438. The van der Waals surface area contributed by atoms with Gasteiger partial charge in [-0.25, -0.2) is 0 Å². The van der Waals surface area contributed by atoms with Crippen molar-refractivity contribution < 1.29 is 4.79 Å². The van der Waals surface area contributed by atoms with E-state index in [9.17, 15) is 10.1 Å². The zero-order valence-corrected chi connectivity index (χ0v) is 11.5. The van der Waals surface area contributed by atoms with Gasteiger partial charge in [-0.05, 0) is 37.5 Å². The van der Waals surface area contributed by atoms with Crippen LogP contribution in [-0.4, -0.2) is 5.91 Å². The molecular weight excluding hydrogens is 250 g/mol. The minimum atomic E-state index is -0.846. The van der Waals surface area contributed by atoms with Crippen LogP contribution >= 0.6 is 0 Å². The third-order valence-corrected chi connectivity index (χ3v) is 3.99. The molecule has 102 valence electrons. The summed E-state index contributed by atoms with van der Waals surface area (Å²) in [5.74, 6) is -0.172. The smallest absolute Gasteiger partial charge is 0.240 e. The number of amides is 1. The van der Waals surface area contributed by atoms with Crippen molar-refractivity contribution in [1.29, 1.82) is 10.5 Å². The van der Waals surface area contributed by atoms with Crippen LogP contribution in [0.1, 0.15) is 49.8 Å². The Balaban J connectivity index is 2.07. The number of benzene rings is 1. The van der Waals surface area contributed by atoms with Gasteiger partial charge in [-0.2, -0.15) is 10.5 Å². The highest BCUT2D eigenvalue weighted by atomic mass is 16.2. The summed E-state index contributed by atoms with van der Waals surface area (Å²) in [5.41, 5.74) is 0.681. The minimum Gasteiger partial charge on any atom is -0.348 e. The van der Waals surface area contributed by atoms with E-state index >= 15 is 0 Å². The van der Waals surface area contributed by atoms with Crippen molar-refractivity contribution in [3.63, 3.8) is 0 Å². The Morgan fingerprint density at radius 1 is 1.25 bits per heavy atom. The molecular formula is C16H17N3O. The van der Waals surface area contributed by atoms with Crippen LogP contribution < -0.4 is 5.32 Å². The van der Waals surface area contributed by atoms with E-state index < -0.39 is 5.41 Å². The van der Waals surface area contributed by atoms with Gasteiger partial charge in [-0.3, -0.25) is 4.79 Å². The van der Waals surface area contributed by atoms with E-state index in [-0.39, 0.29) is 11.9 Å². The van der Waals surface area contributed by atoms with E-state index in [1.165, 1.54) is 0 Å². The van der Waals surface area contributed by atoms with E-state index in [4.69, 9.17) is 5.26 Å². The molecule has 0 heterocycles. The van der Waals surface area contributed by atoms with Crippen molar-refractivity contribution in [2.24, 2.45) is 5.41 Å². The van der Waals surface area contributed by atoms with Crippen LogP contribution in [0.15, 0.2) is 24.3 Å². The van der Waals surface area contributed by atoms with Crippen LogP contribution in [0.2, 0.25) is 0 Å². The first kappa shape index (κ1) is 14.1. The van der Waals surface area contributed by atoms with Crippen molar-refractivity contribution in [3.8, 4) is 12.1 Å². The van der Waals surface area contributed by atoms with Gasteiger partial charge in [0.1, 0.15) is 5.41 Å². The maximum absolute atomic E-state index is 12.3. The molecule has 0 saturated heterocycles. The van der Waals surface area contributed by atoms with Gasteiger partial charge in [0, 0.05) is 0 Å². The lowest BCUT2D eigenvalue weighted by Crippen LogP contribution is -2.39. The van der Waals surface area contributed by atoms with Gasteiger partial charge in [0.15, 0.2) is 0 Å². The molecule has 1 aliphatic carbocycles. The van der Waals surface area contributed by atoms with Crippen molar-refractivity contribution in [3.05, 3.63) is 35.4 Å². The van der Waals surface area contributed by atoms with E-state index in [0.29, 0.717) is 18.4 Å². The summed E-state index contributed by atoms with van der Waals surface area (Å²) in [6.45, 7) is 1.89. The second-order valence-corrected chi connectivity index (χ2v) is 5.33. The normalized spacial score (nSPS) is 17.8. The molecule has 0 spiro atoms. The number of nitrogens with zero attached hydrogens (tertiary/aromatic N) is 2. The fourth-order valence-corrected chi connectivity index (χ4v) is 2.63. The Hall–Kier alpha value is -2.33. The van der Waals surface area contributed by atoms with Crippen LogP contribution in [-0.2, 0) is 4.79 Å². The first-order chi connectivity index (χ1) is 9.61. The molecule has 20 heavy (non-hydrogen) atoms. The van der Waals surface area contributed by atoms with Crippen LogP contribution in [0.5, 0.6) is 0 Å². The van der Waals surface area contributed by atoms with Gasteiger partial charge in [-0.1, -0.05) is 25.0 Å². The van der Waals surface area contributed by atoms with Crippen molar-refractivity contribution in [1.82, 2.24) is 5.32 Å². The fourth-order valence-electron chi connectivity index (χ4n) is 2.63. The van der Waals surface area contributed by atoms with E-state index in [2.05, 4.69) is 17.5 Å². The average molecular weight is 267 g/mol. The van der Waals surface area contributed by atoms with Gasteiger partial charge < -0.3 is 5.32 Å². The van der Waals surface area contributed by atoms with Gasteiger partial charge in [0.25, 0.3) is 0 Å². The molecule has 1 N–H and O–H groups in total. The first-order valence-electron chi connectivity index (χ1n) is 6.83. The summed E-state index contributed by atoms with van der Waals surface area (Å²) in [6.07, 6.45) is 3.17. The standard InChI is InChI=1S/C16H17N3O/c1-12(14-6-4-13(10-17)5-7-14)19-15(20)16(11-18)8-2-3-9-16/h4-7,12H,2-3,8-9H2,1H3,(H,19,20). The van der Waals surface area contributed by atoms with Crippen LogP contribution in [0.3, 0.4) is 0 Å². The molecule has 1 fully saturated rings. The lowest BCUT2D eigenvalue weighted by Gasteiger charge is -2.23. The third kappa shape index (κ3) is 2.65. The average Bonchev–Trinajstić information content (AvgIpc) is 2.97. The van der Waals surface area contributed by atoms with Crippen molar-refractivity contribution in [2.45, 2.75) is 38.6 Å². The number of hydrogen-bond acceptors (Lipinski definition) is 3. The Morgan fingerprint density at radius 2 is 1.85 bits per heavy atom. The summed E-state index contributed by atoms with van der Waals surface area (Å²) < 4.78 is 0. The zero-order chi connectivity index (χ0) is 14.6. The second kappa shape index (κ2) is 5.75. The number of carbonyl (C=O) groups is 1. The highest BCUT2D eigenvalue weighted by molar-refractivity contribution is 5.86. The maximum Gasteiger partial charge on any atom is 0.240 e.